The van der Waals surface area contributed by atoms with Crippen molar-refractivity contribution in [2.24, 2.45) is 0 Å². The molecule has 3 aromatic rings. The molecule has 4 heterocycles. The number of halogens is 3. The first kappa shape index (κ1) is 22.2. The third-order valence-corrected chi connectivity index (χ3v) is 5.12. The zero-order valence-electron chi connectivity index (χ0n) is 17.3. The van der Waals surface area contributed by atoms with Gasteiger partial charge in [0.2, 0.25) is 0 Å². The Morgan fingerprint density at radius 2 is 1.97 bits per heavy atom. The van der Waals surface area contributed by atoms with Gasteiger partial charge in [0, 0.05) is 47.9 Å². The average Bonchev–Trinajstić information content (AvgIpc) is 2.77. The van der Waals surface area contributed by atoms with Gasteiger partial charge in [-0.25, -0.2) is 4.98 Å². The van der Waals surface area contributed by atoms with Crippen LogP contribution >= 0.6 is 0 Å². The van der Waals surface area contributed by atoms with Gasteiger partial charge in [-0.05, 0) is 31.2 Å². The lowest BCUT2D eigenvalue weighted by Crippen LogP contribution is -2.51. The van der Waals surface area contributed by atoms with E-state index in [-0.39, 0.29) is 11.3 Å². The number of alkyl halides is 3. The summed E-state index contributed by atoms with van der Waals surface area (Å²) in [6, 6.07) is 7.20. The van der Waals surface area contributed by atoms with E-state index in [9.17, 15) is 28.3 Å². The summed E-state index contributed by atoms with van der Waals surface area (Å²) < 4.78 is 38.6. The molecule has 0 spiro atoms. The van der Waals surface area contributed by atoms with Crippen molar-refractivity contribution in [1.29, 1.82) is 5.26 Å². The number of nitrogens with one attached hydrogen (secondary N) is 1. The molecule has 0 aliphatic carbocycles. The highest BCUT2D eigenvalue weighted by molar-refractivity contribution is 6.04. The normalized spacial score (nSPS) is 13.9. The van der Waals surface area contributed by atoms with E-state index in [1.165, 1.54) is 12.3 Å². The molecule has 8 nitrogen and oxygen atoms in total. The summed E-state index contributed by atoms with van der Waals surface area (Å²) >= 11 is 0. The van der Waals surface area contributed by atoms with Gasteiger partial charge in [-0.15, -0.1) is 0 Å². The molecule has 1 saturated heterocycles. The first-order valence-electron chi connectivity index (χ1n) is 9.80. The Balaban J connectivity index is 1.60. The number of aliphatic hydroxyl groups is 1. The minimum atomic E-state index is -4.67. The number of carbonyl (C=O) groups excluding carboxylic acids is 1. The Kier molecular flexibility index (Phi) is 5.69. The van der Waals surface area contributed by atoms with Gasteiger partial charge in [0.25, 0.3) is 5.91 Å². The van der Waals surface area contributed by atoms with Crippen LogP contribution in [0.5, 0.6) is 0 Å². The fraction of sp³-hybridized carbons (Fsp3) is 0.227. The largest absolute Gasteiger partial charge is 0.433 e. The highest BCUT2D eigenvalue weighted by Gasteiger charge is 2.33. The van der Waals surface area contributed by atoms with Gasteiger partial charge in [-0.2, -0.15) is 18.4 Å². The lowest BCUT2D eigenvalue weighted by molar-refractivity contribution is -0.141. The number of β-amino-alcohol motifs (C(OH)–C–C–N with tert-alkyl or cyclic N) is 1. The zero-order valence-corrected chi connectivity index (χ0v) is 17.3. The van der Waals surface area contributed by atoms with E-state index in [0.717, 1.165) is 6.20 Å². The molecule has 11 heteroatoms. The van der Waals surface area contributed by atoms with Crippen LogP contribution in [0.1, 0.15) is 27.3 Å². The third kappa shape index (κ3) is 4.61. The number of hydrogen-bond acceptors (Lipinski definition) is 7. The molecule has 1 aliphatic rings. The molecule has 0 bridgehead atoms. The van der Waals surface area contributed by atoms with Crippen LogP contribution in [-0.4, -0.2) is 45.2 Å². The number of carbonyl (C=O) groups is 1. The van der Waals surface area contributed by atoms with E-state index in [0.29, 0.717) is 47.4 Å². The smallest absolute Gasteiger partial charge is 0.389 e. The third-order valence-electron chi connectivity index (χ3n) is 5.12. The molecule has 3 aromatic heterocycles. The first-order chi connectivity index (χ1) is 15.7. The van der Waals surface area contributed by atoms with Crippen LogP contribution in [-0.2, 0) is 6.18 Å². The number of pyridine rings is 3. The Labute approximate surface area is 186 Å². The topological polar surface area (TPSA) is 115 Å². The number of anilines is 2. The van der Waals surface area contributed by atoms with Crippen LogP contribution in [0.3, 0.4) is 0 Å². The molecule has 0 aromatic carbocycles. The molecule has 2 N–H and O–H groups in total. The second-order valence-electron chi connectivity index (χ2n) is 7.50. The van der Waals surface area contributed by atoms with Crippen LogP contribution < -0.4 is 10.2 Å². The van der Waals surface area contributed by atoms with Gasteiger partial charge in [0.15, 0.2) is 0 Å². The maximum absolute atomic E-state index is 12.9. The number of nitriles is 1. The number of rotatable bonds is 4. The lowest BCUT2D eigenvalue weighted by atomic mass is 10.0. The van der Waals surface area contributed by atoms with Gasteiger partial charge < -0.3 is 15.3 Å². The van der Waals surface area contributed by atoms with Gasteiger partial charge >= 0.3 is 6.18 Å². The average molecular weight is 454 g/mol. The quantitative estimate of drug-likeness (QED) is 0.622. The molecule has 1 aliphatic heterocycles. The maximum atomic E-state index is 12.9. The van der Waals surface area contributed by atoms with Crippen LogP contribution in [0.25, 0.3) is 11.1 Å². The van der Waals surface area contributed by atoms with Gasteiger partial charge in [0.05, 0.1) is 23.6 Å². The van der Waals surface area contributed by atoms with Crippen LogP contribution in [0.2, 0.25) is 0 Å². The number of aryl methyl sites for hydroxylation is 1. The second-order valence-corrected chi connectivity index (χ2v) is 7.50. The molecular formula is C22H17F3N6O2. The van der Waals surface area contributed by atoms with E-state index in [2.05, 4.69) is 26.3 Å². The van der Waals surface area contributed by atoms with Crippen LogP contribution in [0.15, 0.2) is 42.9 Å². The lowest BCUT2D eigenvalue weighted by Gasteiger charge is -2.37. The highest BCUT2D eigenvalue weighted by atomic mass is 19.4. The fourth-order valence-electron chi connectivity index (χ4n) is 3.39. The maximum Gasteiger partial charge on any atom is 0.433 e. The van der Waals surface area contributed by atoms with E-state index < -0.39 is 23.9 Å². The van der Waals surface area contributed by atoms with Crippen LogP contribution in [0.4, 0.5) is 24.7 Å². The summed E-state index contributed by atoms with van der Waals surface area (Å²) in [7, 11) is 0. The molecule has 4 rings (SSSR count). The van der Waals surface area contributed by atoms with E-state index in [1.807, 2.05) is 0 Å². The second kappa shape index (κ2) is 8.48. The van der Waals surface area contributed by atoms with Crippen molar-refractivity contribution in [1.82, 2.24) is 15.0 Å². The standard InChI is InChI=1S/C22H17F3N6O2/c1-12-18(15-4-14(7-26)20(29-8-15)31-10-17(32)11-31)6-16(9-28-12)30-21(33)13-2-3-27-19(5-13)22(23,24)25/h2-6,8-9,17,32H,10-11H2,1H3,(H,30,33). The van der Waals surface area contributed by atoms with Crippen molar-refractivity contribution in [3.05, 3.63) is 65.4 Å². The summed E-state index contributed by atoms with van der Waals surface area (Å²) in [4.78, 5) is 26.1. The molecule has 1 amide bonds. The van der Waals surface area contributed by atoms with Crippen molar-refractivity contribution in [2.45, 2.75) is 19.2 Å². The molecular weight excluding hydrogens is 437 g/mol. The highest BCUT2D eigenvalue weighted by Crippen LogP contribution is 2.31. The monoisotopic (exact) mass is 454 g/mol. The molecule has 1 fully saturated rings. The SMILES string of the molecule is Cc1ncc(NC(=O)c2ccnc(C(F)(F)F)c2)cc1-c1cnc(N2CC(O)C2)c(C#N)c1. The summed E-state index contributed by atoms with van der Waals surface area (Å²) in [6.45, 7) is 2.54. The molecule has 0 radical (unpaired) electrons. The number of amides is 1. The zero-order chi connectivity index (χ0) is 23.8. The minimum absolute atomic E-state index is 0.200. The number of aromatic nitrogens is 3. The Hall–Kier alpha value is -4.04. The summed E-state index contributed by atoms with van der Waals surface area (Å²) in [5.74, 6) is -0.276. The van der Waals surface area contributed by atoms with Crippen LogP contribution in [0, 0.1) is 18.3 Å². The predicted molar refractivity (Wildman–Crippen MR) is 112 cm³/mol. The molecule has 168 valence electrons. The Morgan fingerprint density at radius 1 is 1.21 bits per heavy atom. The fourth-order valence-corrected chi connectivity index (χ4v) is 3.39. The van der Waals surface area contributed by atoms with Crippen molar-refractivity contribution >= 4 is 17.4 Å². The van der Waals surface area contributed by atoms with E-state index in [4.69, 9.17) is 0 Å². The molecule has 0 unspecified atom stereocenters. The summed E-state index contributed by atoms with van der Waals surface area (Å²) in [6.07, 6.45) is -1.24. The van der Waals surface area contributed by atoms with E-state index >= 15 is 0 Å². The molecule has 0 saturated carbocycles. The Bertz CT molecular complexity index is 1270. The minimum Gasteiger partial charge on any atom is -0.389 e. The first-order valence-corrected chi connectivity index (χ1v) is 9.80. The Morgan fingerprint density at radius 3 is 2.64 bits per heavy atom. The molecule has 33 heavy (non-hydrogen) atoms. The predicted octanol–water partition coefficient (Wildman–Crippen LogP) is 3.17. The number of nitrogens with zero attached hydrogens (tertiary/aromatic N) is 5. The number of aliphatic hydroxyl groups excluding tert-OH is 1. The van der Waals surface area contributed by atoms with Crippen molar-refractivity contribution in [3.63, 3.8) is 0 Å². The van der Waals surface area contributed by atoms with Crippen molar-refractivity contribution in [3.8, 4) is 17.2 Å². The van der Waals surface area contributed by atoms with Gasteiger partial charge in [0.1, 0.15) is 17.6 Å². The molecule has 0 atom stereocenters. The summed E-state index contributed by atoms with van der Waals surface area (Å²) in [5, 5.41) is 21.6. The van der Waals surface area contributed by atoms with Gasteiger partial charge in [-0.1, -0.05) is 0 Å². The van der Waals surface area contributed by atoms with E-state index in [1.54, 1.807) is 30.2 Å². The summed E-state index contributed by atoms with van der Waals surface area (Å²) in [5.41, 5.74) is 1.01. The van der Waals surface area contributed by atoms with Gasteiger partial charge in [-0.3, -0.25) is 14.8 Å². The number of hydrogen-bond donors (Lipinski definition) is 2. The van der Waals surface area contributed by atoms with Crippen molar-refractivity contribution < 1.29 is 23.1 Å². The van der Waals surface area contributed by atoms with Crippen molar-refractivity contribution in [2.75, 3.05) is 23.3 Å².